The SMILES string of the molecule is CC(OCCC1CCN(C(=O)OC(C)(C)C)CC1)c1ccco1. The third-order valence-electron chi connectivity index (χ3n) is 4.10. The highest BCUT2D eigenvalue weighted by Gasteiger charge is 2.26. The van der Waals surface area contributed by atoms with Gasteiger partial charge in [0.1, 0.15) is 17.5 Å². The van der Waals surface area contributed by atoms with Crippen molar-refractivity contribution in [3.8, 4) is 0 Å². The average molecular weight is 323 g/mol. The fourth-order valence-corrected chi connectivity index (χ4v) is 2.75. The third-order valence-corrected chi connectivity index (χ3v) is 4.10. The maximum Gasteiger partial charge on any atom is 0.410 e. The Morgan fingerprint density at radius 2 is 2.09 bits per heavy atom. The number of amides is 1. The summed E-state index contributed by atoms with van der Waals surface area (Å²) in [6.07, 6.45) is 4.51. The molecule has 0 N–H and O–H groups in total. The minimum Gasteiger partial charge on any atom is -0.467 e. The Morgan fingerprint density at radius 1 is 1.39 bits per heavy atom. The number of carbonyl (C=O) groups excluding carboxylic acids is 1. The molecule has 1 amide bonds. The number of rotatable bonds is 5. The Bertz CT molecular complexity index is 470. The fourth-order valence-electron chi connectivity index (χ4n) is 2.75. The van der Waals surface area contributed by atoms with Gasteiger partial charge in [-0.05, 0) is 65.0 Å². The minimum atomic E-state index is -0.427. The lowest BCUT2D eigenvalue weighted by Gasteiger charge is -2.33. The van der Waals surface area contributed by atoms with Gasteiger partial charge >= 0.3 is 6.09 Å². The molecule has 0 bridgehead atoms. The Kier molecular flexibility index (Phi) is 6.10. The molecule has 23 heavy (non-hydrogen) atoms. The first-order chi connectivity index (χ1) is 10.8. The van der Waals surface area contributed by atoms with Crippen molar-refractivity contribution >= 4 is 6.09 Å². The molecule has 130 valence electrons. The van der Waals surface area contributed by atoms with E-state index in [-0.39, 0.29) is 12.2 Å². The third kappa shape index (κ3) is 5.90. The Balaban J connectivity index is 1.64. The molecule has 5 nitrogen and oxygen atoms in total. The molecular weight excluding hydrogens is 294 g/mol. The van der Waals surface area contributed by atoms with E-state index in [1.54, 1.807) is 6.26 Å². The van der Waals surface area contributed by atoms with Crippen molar-refractivity contribution in [3.05, 3.63) is 24.2 Å². The second-order valence-corrected chi connectivity index (χ2v) is 7.23. The minimum absolute atomic E-state index is 0.00754. The summed E-state index contributed by atoms with van der Waals surface area (Å²) in [5.41, 5.74) is -0.427. The topological polar surface area (TPSA) is 51.9 Å². The van der Waals surface area contributed by atoms with Crippen LogP contribution in [0.15, 0.2) is 22.8 Å². The van der Waals surface area contributed by atoms with E-state index in [1.165, 1.54) is 0 Å². The molecule has 0 saturated carbocycles. The zero-order valence-electron chi connectivity index (χ0n) is 14.7. The highest BCUT2D eigenvalue weighted by molar-refractivity contribution is 5.68. The summed E-state index contributed by atoms with van der Waals surface area (Å²) in [5, 5.41) is 0. The fraction of sp³-hybridized carbons (Fsp3) is 0.722. The molecule has 1 aliphatic heterocycles. The summed E-state index contributed by atoms with van der Waals surface area (Å²) in [6.45, 7) is 9.96. The Morgan fingerprint density at radius 3 is 2.65 bits per heavy atom. The monoisotopic (exact) mass is 323 g/mol. The van der Waals surface area contributed by atoms with E-state index in [9.17, 15) is 4.79 Å². The number of furan rings is 1. The van der Waals surface area contributed by atoms with Crippen LogP contribution in [0.4, 0.5) is 4.79 Å². The van der Waals surface area contributed by atoms with E-state index in [1.807, 2.05) is 44.7 Å². The molecule has 1 saturated heterocycles. The molecule has 1 atom stereocenters. The van der Waals surface area contributed by atoms with Crippen LogP contribution in [0.25, 0.3) is 0 Å². The quantitative estimate of drug-likeness (QED) is 0.806. The molecule has 0 aromatic carbocycles. The molecule has 2 rings (SSSR count). The van der Waals surface area contributed by atoms with E-state index in [4.69, 9.17) is 13.9 Å². The van der Waals surface area contributed by atoms with Gasteiger partial charge in [0.2, 0.25) is 0 Å². The van der Waals surface area contributed by atoms with E-state index in [0.717, 1.165) is 44.7 Å². The maximum atomic E-state index is 12.0. The number of ether oxygens (including phenoxy) is 2. The van der Waals surface area contributed by atoms with Crippen LogP contribution in [-0.4, -0.2) is 36.3 Å². The lowest BCUT2D eigenvalue weighted by molar-refractivity contribution is 0.0130. The van der Waals surface area contributed by atoms with Gasteiger partial charge in [0.25, 0.3) is 0 Å². The van der Waals surface area contributed by atoms with Crippen LogP contribution in [0.5, 0.6) is 0 Å². The molecule has 1 aromatic heterocycles. The number of hydrogen-bond donors (Lipinski definition) is 0. The van der Waals surface area contributed by atoms with Crippen LogP contribution >= 0.6 is 0 Å². The van der Waals surface area contributed by atoms with Crippen LogP contribution in [0.3, 0.4) is 0 Å². The van der Waals surface area contributed by atoms with Crippen molar-refractivity contribution in [1.29, 1.82) is 0 Å². The van der Waals surface area contributed by atoms with Gasteiger partial charge < -0.3 is 18.8 Å². The smallest absolute Gasteiger partial charge is 0.410 e. The zero-order chi connectivity index (χ0) is 16.9. The van der Waals surface area contributed by atoms with Crippen LogP contribution in [-0.2, 0) is 9.47 Å². The van der Waals surface area contributed by atoms with Crippen molar-refractivity contribution < 1.29 is 18.7 Å². The van der Waals surface area contributed by atoms with Crippen LogP contribution in [0.2, 0.25) is 0 Å². The van der Waals surface area contributed by atoms with Crippen molar-refractivity contribution in [1.82, 2.24) is 4.90 Å². The average Bonchev–Trinajstić information content (AvgIpc) is 3.00. The van der Waals surface area contributed by atoms with Gasteiger partial charge in [-0.25, -0.2) is 4.79 Å². The number of likely N-dealkylation sites (tertiary alicyclic amines) is 1. The summed E-state index contributed by atoms with van der Waals surface area (Å²) in [4.78, 5) is 13.8. The summed E-state index contributed by atoms with van der Waals surface area (Å²) < 4.78 is 16.6. The molecular formula is C18H29NO4. The van der Waals surface area contributed by atoms with Crippen LogP contribution in [0.1, 0.15) is 58.8 Å². The van der Waals surface area contributed by atoms with Gasteiger partial charge in [-0.15, -0.1) is 0 Å². The molecule has 1 aromatic rings. The molecule has 5 heteroatoms. The predicted octanol–water partition coefficient (Wildman–Crippen LogP) is 4.39. The van der Waals surface area contributed by atoms with Crippen LogP contribution < -0.4 is 0 Å². The highest BCUT2D eigenvalue weighted by Crippen LogP contribution is 2.24. The Labute approximate surface area is 138 Å². The summed E-state index contributed by atoms with van der Waals surface area (Å²) in [7, 11) is 0. The van der Waals surface area contributed by atoms with E-state index < -0.39 is 5.60 Å². The number of hydrogen-bond acceptors (Lipinski definition) is 4. The largest absolute Gasteiger partial charge is 0.467 e. The number of piperidine rings is 1. The second kappa shape index (κ2) is 7.86. The lowest BCUT2D eigenvalue weighted by Crippen LogP contribution is -2.41. The molecule has 1 unspecified atom stereocenters. The molecule has 0 spiro atoms. The summed E-state index contributed by atoms with van der Waals surface area (Å²) in [6, 6.07) is 3.81. The first kappa shape index (κ1) is 17.9. The molecule has 0 radical (unpaired) electrons. The normalized spacial score (nSPS) is 18.0. The second-order valence-electron chi connectivity index (χ2n) is 7.23. The van der Waals surface area contributed by atoms with E-state index in [0.29, 0.717) is 5.92 Å². The summed E-state index contributed by atoms with van der Waals surface area (Å²) >= 11 is 0. The van der Waals surface area contributed by atoms with Crippen molar-refractivity contribution in [2.45, 2.75) is 58.7 Å². The van der Waals surface area contributed by atoms with Gasteiger partial charge in [0.05, 0.1) is 6.26 Å². The van der Waals surface area contributed by atoms with Gasteiger partial charge in [-0.2, -0.15) is 0 Å². The Hall–Kier alpha value is -1.49. The van der Waals surface area contributed by atoms with Gasteiger partial charge in [-0.3, -0.25) is 0 Å². The number of carbonyl (C=O) groups is 1. The first-order valence-electron chi connectivity index (χ1n) is 8.48. The van der Waals surface area contributed by atoms with Crippen molar-refractivity contribution in [2.75, 3.05) is 19.7 Å². The molecule has 0 aliphatic carbocycles. The van der Waals surface area contributed by atoms with Gasteiger partial charge in [-0.1, -0.05) is 0 Å². The van der Waals surface area contributed by atoms with E-state index >= 15 is 0 Å². The van der Waals surface area contributed by atoms with Crippen molar-refractivity contribution in [2.24, 2.45) is 5.92 Å². The summed E-state index contributed by atoms with van der Waals surface area (Å²) in [5.74, 6) is 1.47. The maximum absolute atomic E-state index is 12.0. The van der Waals surface area contributed by atoms with Gasteiger partial charge in [0, 0.05) is 19.7 Å². The van der Waals surface area contributed by atoms with Crippen molar-refractivity contribution in [3.63, 3.8) is 0 Å². The van der Waals surface area contributed by atoms with E-state index in [2.05, 4.69) is 0 Å². The predicted molar refractivity (Wildman–Crippen MR) is 88.2 cm³/mol. The molecule has 1 fully saturated rings. The standard InChI is InChI=1S/C18H29NO4/c1-14(16-6-5-12-22-16)21-13-9-15-7-10-19(11-8-15)17(20)23-18(2,3)4/h5-6,12,14-15H,7-11,13H2,1-4H3. The molecule has 1 aliphatic rings. The lowest BCUT2D eigenvalue weighted by atomic mass is 9.94. The number of nitrogens with zero attached hydrogens (tertiary/aromatic N) is 1. The molecule has 2 heterocycles. The first-order valence-corrected chi connectivity index (χ1v) is 8.48. The zero-order valence-corrected chi connectivity index (χ0v) is 14.7. The highest BCUT2D eigenvalue weighted by atomic mass is 16.6. The van der Waals surface area contributed by atoms with Crippen LogP contribution in [0, 0.1) is 5.92 Å². The van der Waals surface area contributed by atoms with Gasteiger partial charge in [0.15, 0.2) is 0 Å².